The van der Waals surface area contributed by atoms with Crippen LogP contribution in [0.3, 0.4) is 0 Å². The van der Waals surface area contributed by atoms with E-state index < -0.39 is 0 Å². The van der Waals surface area contributed by atoms with E-state index in [4.69, 9.17) is 0 Å². The molecule has 1 aliphatic heterocycles. The van der Waals surface area contributed by atoms with Crippen molar-refractivity contribution < 1.29 is 4.79 Å². The zero-order chi connectivity index (χ0) is 12.5. The third-order valence-electron chi connectivity index (χ3n) is 3.97. The van der Waals surface area contributed by atoms with Crippen molar-refractivity contribution in [1.82, 2.24) is 10.6 Å². The molecule has 2 aliphatic rings. The fraction of sp³-hybridized carbons (Fsp3) is 0.643. The second-order valence-electron chi connectivity index (χ2n) is 5.64. The third-order valence-corrected chi connectivity index (χ3v) is 5.21. The Bertz CT molecular complexity index is 456. The second kappa shape index (κ2) is 6.25. The fourth-order valence-corrected chi connectivity index (χ4v) is 3.76. The topological polar surface area (TPSA) is 41.1 Å². The van der Waals surface area contributed by atoms with Crippen LogP contribution in [0.2, 0.25) is 0 Å². The number of halogens is 1. The van der Waals surface area contributed by atoms with Crippen LogP contribution in [0, 0.1) is 11.8 Å². The van der Waals surface area contributed by atoms with Crippen LogP contribution < -0.4 is 10.6 Å². The lowest BCUT2D eigenvalue weighted by molar-refractivity contribution is 0.0946. The van der Waals surface area contributed by atoms with Gasteiger partial charge in [-0.1, -0.05) is 6.92 Å². The number of rotatable bonds is 3. The first-order valence-corrected chi connectivity index (χ1v) is 7.64. The molecular weight excluding hydrogens is 280 g/mol. The number of nitrogens with one attached hydrogen (secondary N) is 2. The molecule has 0 bridgehead atoms. The van der Waals surface area contributed by atoms with E-state index in [1.54, 1.807) is 11.3 Å². The number of thiophene rings is 1. The van der Waals surface area contributed by atoms with Gasteiger partial charge in [-0.15, -0.1) is 23.7 Å². The maximum absolute atomic E-state index is 12.1. The summed E-state index contributed by atoms with van der Waals surface area (Å²) in [5.74, 6) is 1.52. The Hall–Kier alpha value is -0.580. The highest BCUT2D eigenvalue weighted by atomic mass is 35.5. The van der Waals surface area contributed by atoms with E-state index in [9.17, 15) is 4.79 Å². The maximum atomic E-state index is 12.1. The minimum absolute atomic E-state index is 0. The van der Waals surface area contributed by atoms with Crippen molar-refractivity contribution >= 4 is 29.7 Å². The molecule has 1 aliphatic carbocycles. The van der Waals surface area contributed by atoms with Gasteiger partial charge in [0.2, 0.25) is 0 Å². The van der Waals surface area contributed by atoms with Crippen LogP contribution in [0.25, 0.3) is 0 Å². The Morgan fingerprint density at radius 2 is 2.32 bits per heavy atom. The summed E-state index contributed by atoms with van der Waals surface area (Å²) in [7, 11) is 0. The molecule has 0 radical (unpaired) electrons. The normalized spacial score (nSPS) is 22.1. The number of hydrogen-bond acceptors (Lipinski definition) is 3. The number of fused-ring (bicyclic) bond motifs is 1. The number of aryl methyl sites for hydroxylation is 1. The standard InChI is InChI=1S/C14H20N2OS.ClH/c1-9-2-3-12-11(4-9)5-13(18-12)14(17)16-8-10-6-15-7-10;/h5,9-10,15H,2-4,6-8H2,1H3,(H,16,17);1H. The molecule has 1 amide bonds. The van der Waals surface area contributed by atoms with Crippen LogP contribution in [0.4, 0.5) is 0 Å². The van der Waals surface area contributed by atoms with Gasteiger partial charge in [0.15, 0.2) is 0 Å². The van der Waals surface area contributed by atoms with E-state index in [1.807, 2.05) is 0 Å². The Kier molecular flexibility index (Phi) is 4.87. The molecule has 1 saturated heterocycles. The van der Waals surface area contributed by atoms with Gasteiger partial charge in [0.25, 0.3) is 5.91 Å². The van der Waals surface area contributed by atoms with E-state index >= 15 is 0 Å². The molecule has 1 atom stereocenters. The SMILES string of the molecule is CC1CCc2sc(C(=O)NCC3CNC3)cc2C1.Cl. The Balaban J connectivity index is 0.00000133. The van der Waals surface area contributed by atoms with Crippen molar-refractivity contribution in [2.24, 2.45) is 11.8 Å². The summed E-state index contributed by atoms with van der Waals surface area (Å²) in [6.07, 6.45) is 3.56. The Labute approximate surface area is 124 Å². The number of carbonyl (C=O) groups excluding carboxylic acids is 1. The largest absolute Gasteiger partial charge is 0.351 e. The van der Waals surface area contributed by atoms with Crippen molar-refractivity contribution in [3.05, 3.63) is 21.4 Å². The van der Waals surface area contributed by atoms with Crippen LogP contribution >= 0.6 is 23.7 Å². The van der Waals surface area contributed by atoms with Gasteiger partial charge < -0.3 is 10.6 Å². The van der Waals surface area contributed by atoms with Gasteiger partial charge in [-0.25, -0.2) is 0 Å². The minimum Gasteiger partial charge on any atom is -0.351 e. The Morgan fingerprint density at radius 3 is 3.00 bits per heavy atom. The maximum Gasteiger partial charge on any atom is 0.261 e. The second-order valence-corrected chi connectivity index (χ2v) is 6.78. The molecule has 2 N–H and O–H groups in total. The van der Waals surface area contributed by atoms with Crippen molar-refractivity contribution in [3.63, 3.8) is 0 Å². The van der Waals surface area contributed by atoms with Crippen LogP contribution in [0.15, 0.2) is 6.07 Å². The van der Waals surface area contributed by atoms with Crippen molar-refractivity contribution in [2.75, 3.05) is 19.6 Å². The molecule has 2 heterocycles. The van der Waals surface area contributed by atoms with Gasteiger partial charge in [0.1, 0.15) is 0 Å². The number of amides is 1. The fourth-order valence-electron chi connectivity index (χ4n) is 2.63. The van der Waals surface area contributed by atoms with Crippen LogP contribution in [0.1, 0.15) is 33.5 Å². The summed E-state index contributed by atoms with van der Waals surface area (Å²) in [6, 6.07) is 2.12. The van der Waals surface area contributed by atoms with Crippen LogP contribution in [-0.2, 0) is 12.8 Å². The van der Waals surface area contributed by atoms with E-state index in [0.717, 1.165) is 43.3 Å². The van der Waals surface area contributed by atoms with Crippen LogP contribution in [0.5, 0.6) is 0 Å². The van der Waals surface area contributed by atoms with Gasteiger partial charge in [0, 0.05) is 30.4 Å². The zero-order valence-electron chi connectivity index (χ0n) is 11.2. The lowest BCUT2D eigenvalue weighted by atomic mass is 9.90. The van der Waals surface area contributed by atoms with E-state index in [2.05, 4.69) is 23.6 Å². The summed E-state index contributed by atoms with van der Waals surface area (Å²) in [5, 5.41) is 6.27. The van der Waals surface area contributed by atoms with Crippen LogP contribution in [-0.4, -0.2) is 25.5 Å². The molecule has 3 rings (SSSR count). The molecule has 0 aromatic carbocycles. The van der Waals surface area contributed by atoms with Crippen molar-refractivity contribution in [2.45, 2.75) is 26.2 Å². The summed E-state index contributed by atoms with van der Waals surface area (Å²) in [5.41, 5.74) is 1.41. The lowest BCUT2D eigenvalue weighted by Gasteiger charge is -2.26. The van der Waals surface area contributed by atoms with Gasteiger partial charge in [0.05, 0.1) is 4.88 Å². The van der Waals surface area contributed by atoms with Gasteiger partial charge in [-0.3, -0.25) is 4.79 Å². The third kappa shape index (κ3) is 3.30. The van der Waals surface area contributed by atoms with Gasteiger partial charge in [-0.05, 0) is 36.8 Å². The summed E-state index contributed by atoms with van der Waals surface area (Å²) >= 11 is 1.70. The monoisotopic (exact) mass is 300 g/mol. The predicted molar refractivity (Wildman–Crippen MR) is 81.4 cm³/mol. The molecule has 1 aromatic rings. The highest BCUT2D eigenvalue weighted by molar-refractivity contribution is 7.14. The quantitative estimate of drug-likeness (QED) is 0.899. The lowest BCUT2D eigenvalue weighted by Crippen LogP contribution is -2.48. The number of carbonyl (C=O) groups is 1. The zero-order valence-corrected chi connectivity index (χ0v) is 12.8. The highest BCUT2D eigenvalue weighted by Crippen LogP contribution is 2.32. The molecule has 5 heteroatoms. The predicted octanol–water partition coefficient (Wildman–Crippen LogP) is 2.24. The summed E-state index contributed by atoms with van der Waals surface area (Å²) in [4.78, 5) is 14.4. The minimum atomic E-state index is 0. The molecule has 0 spiro atoms. The highest BCUT2D eigenvalue weighted by Gasteiger charge is 2.22. The first kappa shape index (κ1) is 14.8. The van der Waals surface area contributed by atoms with E-state index in [-0.39, 0.29) is 18.3 Å². The molecule has 19 heavy (non-hydrogen) atoms. The molecule has 0 saturated carbocycles. The first-order chi connectivity index (χ1) is 8.72. The average Bonchev–Trinajstić information content (AvgIpc) is 2.69. The van der Waals surface area contributed by atoms with Crippen molar-refractivity contribution in [3.8, 4) is 0 Å². The Morgan fingerprint density at radius 1 is 1.53 bits per heavy atom. The molecule has 1 unspecified atom stereocenters. The average molecular weight is 301 g/mol. The first-order valence-electron chi connectivity index (χ1n) is 6.83. The molecule has 3 nitrogen and oxygen atoms in total. The molecule has 1 aromatic heterocycles. The number of hydrogen-bond donors (Lipinski definition) is 2. The van der Waals surface area contributed by atoms with Crippen molar-refractivity contribution in [1.29, 1.82) is 0 Å². The molecule has 106 valence electrons. The van der Waals surface area contributed by atoms with Gasteiger partial charge in [-0.2, -0.15) is 0 Å². The summed E-state index contributed by atoms with van der Waals surface area (Å²) < 4.78 is 0. The summed E-state index contributed by atoms with van der Waals surface area (Å²) in [6.45, 7) is 5.19. The molecular formula is C14H21ClN2OS. The van der Waals surface area contributed by atoms with E-state index in [0.29, 0.717) is 5.92 Å². The van der Waals surface area contributed by atoms with E-state index in [1.165, 1.54) is 16.9 Å². The molecule has 1 fully saturated rings. The van der Waals surface area contributed by atoms with Gasteiger partial charge >= 0.3 is 0 Å². The smallest absolute Gasteiger partial charge is 0.261 e.